The molecule has 1 aromatic carbocycles. The Kier molecular flexibility index (Phi) is 8.87. The van der Waals surface area contributed by atoms with Crippen LogP contribution in [0, 0.1) is 3.57 Å². The number of hydrogen-bond acceptors (Lipinski definition) is 6. The van der Waals surface area contributed by atoms with Gasteiger partial charge in [-0.05, 0) is 84.3 Å². The SMILES string of the molecule is CCC(C)Oc1c(I)cc(C=C2SC(=O)N(CC(=O)N3CCCCCC3)C2=O)cc1OC. The van der Waals surface area contributed by atoms with Crippen LogP contribution in [0.15, 0.2) is 17.0 Å². The summed E-state index contributed by atoms with van der Waals surface area (Å²) in [5, 5.41) is -0.414. The van der Waals surface area contributed by atoms with Crippen molar-refractivity contribution in [3.63, 3.8) is 0 Å². The molecule has 32 heavy (non-hydrogen) atoms. The molecule has 0 aromatic heterocycles. The largest absolute Gasteiger partial charge is 0.493 e. The number of thioether (sulfide) groups is 1. The lowest BCUT2D eigenvalue weighted by atomic mass is 10.1. The monoisotopic (exact) mass is 572 g/mol. The van der Waals surface area contributed by atoms with Crippen LogP contribution in [0.4, 0.5) is 4.79 Å². The van der Waals surface area contributed by atoms with E-state index in [0.29, 0.717) is 29.5 Å². The molecule has 174 valence electrons. The molecule has 2 saturated heterocycles. The van der Waals surface area contributed by atoms with Gasteiger partial charge in [0, 0.05) is 13.1 Å². The van der Waals surface area contributed by atoms with Crippen LogP contribution in [0.2, 0.25) is 0 Å². The second-order valence-corrected chi connectivity index (χ2v) is 10.1. The maximum absolute atomic E-state index is 12.9. The summed E-state index contributed by atoms with van der Waals surface area (Å²) < 4.78 is 12.3. The molecule has 0 bridgehead atoms. The Bertz CT molecular complexity index is 912. The smallest absolute Gasteiger partial charge is 0.294 e. The molecule has 1 atom stereocenters. The Morgan fingerprint density at radius 1 is 1.22 bits per heavy atom. The predicted octanol–water partition coefficient (Wildman–Crippen LogP) is 4.92. The van der Waals surface area contributed by atoms with Gasteiger partial charge in [-0.2, -0.15) is 0 Å². The minimum absolute atomic E-state index is 0.0431. The van der Waals surface area contributed by atoms with Crippen LogP contribution in [0.5, 0.6) is 11.5 Å². The molecule has 0 radical (unpaired) electrons. The lowest BCUT2D eigenvalue weighted by Gasteiger charge is -2.22. The topological polar surface area (TPSA) is 76.2 Å². The molecule has 0 spiro atoms. The molecule has 1 aromatic rings. The molecule has 2 aliphatic heterocycles. The second-order valence-electron chi connectivity index (χ2n) is 7.93. The Labute approximate surface area is 207 Å². The quantitative estimate of drug-likeness (QED) is 0.341. The van der Waals surface area contributed by atoms with Crippen molar-refractivity contribution in [1.82, 2.24) is 9.80 Å². The number of methoxy groups -OCH3 is 1. The average molecular weight is 572 g/mol. The van der Waals surface area contributed by atoms with E-state index in [1.54, 1.807) is 24.2 Å². The van der Waals surface area contributed by atoms with E-state index in [2.05, 4.69) is 22.6 Å². The Balaban J connectivity index is 1.76. The summed E-state index contributed by atoms with van der Waals surface area (Å²) >= 11 is 3.04. The van der Waals surface area contributed by atoms with Gasteiger partial charge in [-0.15, -0.1) is 0 Å². The fraction of sp³-hybridized carbons (Fsp3) is 0.522. The Morgan fingerprint density at radius 3 is 2.53 bits per heavy atom. The number of benzene rings is 1. The van der Waals surface area contributed by atoms with Crippen molar-refractivity contribution in [2.24, 2.45) is 0 Å². The summed E-state index contributed by atoms with van der Waals surface area (Å²) in [6.07, 6.45) is 6.72. The highest BCUT2D eigenvalue weighted by molar-refractivity contribution is 14.1. The summed E-state index contributed by atoms with van der Waals surface area (Å²) in [6.45, 7) is 5.21. The van der Waals surface area contributed by atoms with Crippen molar-refractivity contribution in [2.45, 2.75) is 52.1 Å². The van der Waals surface area contributed by atoms with Crippen molar-refractivity contribution in [3.05, 3.63) is 26.2 Å². The van der Waals surface area contributed by atoms with Crippen molar-refractivity contribution >= 4 is 57.5 Å². The molecular formula is C23H29IN2O5S. The van der Waals surface area contributed by atoms with Gasteiger partial charge in [0.05, 0.1) is 21.7 Å². The van der Waals surface area contributed by atoms with Gasteiger partial charge in [0.15, 0.2) is 11.5 Å². The van der Waals surface area contributed by atoms with Gasteiger partial charge in [0.25, 0.3) is 11.1 Å². The molecule has 3 amide bonds. The third kappa shape index (κ3) is 5.98. The highest BCUT2D eigenvalue weighted by Crippen LogP contribution is 2.38. The highest BCUT2D eigenvalue weighted by Gasteiger charge is 2.37. The zero-order valence-corrected chi connectivity index (χ0v) is 21.7. The molecule has 2 fully saturated rings. The van der Waals surface area contributed by atoms with E-state index in [9.17, 15) is 14.4 Å². The molecule has 0 aliphatic carbocycles. The fourth-order valence-corrected chi connectivity index (χ4v) is 5.16. The van der Waals surface area contributed by atoms with Gasteiger partial charge in [-0.1, -0.05) is 19.8 Å². The zero-order chi connectivity index (χ0) is 23.3. The molecule has 2 heterocycles. The molecule has 0 N–H and O–H groups in total. The third-order valence-corrected chi connectivity index (χ3v) is 7.28. The lowest BCUT2D eigenvalue weighted by Crippen LogP contribution is -2.42. The molecule has 7 nitrogen and oxygen atoms in total. The summed E-state index contributed by atoms with van der Waals surface area (Å²) in [6, 6.07) is 3.67. The third-order valence-electron chi connectivity index (χ3n) is 5.57. The van der Waals surface area contributed by atoms with Crippen LogP contribution < -0.4 is 9.47 Å². The second kappa shape index (κ2) is 11.4. The van der Waals surface area contributed by atoms with Crippen molar-refractivity contribution in [1.29, 1.82) is 0 Å². The molecule has 0 saturated carbocycles. The standard InChI is InChI=1S/C23H29IN2O5S/c1-4-15(2)31-21-17(24)11-16(12-18(21)30-3)13-19-22(28)26(23(29)32-19)14-20(27)25-9-7-5-6-8-10-25/h11-13,15H,4-10,14H2,1-3H3. The first-order valence-electron chi connectivity index (χ1n) is 10.9. The van der Waals surface area contributed by atoms with Crippen molar-refractivity contribution < 1.29 is 23.9 Å². The minimum Gasteiger partial charge on any atom is -0.493 e. The first kappa shape index (κ1) is 24.9. The van der Waals surface area contributed by atoms with Gasteiger partial charge in [0.2, 0.25) is 5.91 Å². The van der Waals surface area contributed by atoms with E-state index in [0.717, 1.165) is 57.9 Å². The van der Waals surface area contributed by atoms with E-state index in [1.165, 1.54) is 0 Å². The van der Waals surface area contributed by atoms with Crippen LogP contribution in [0.1, 0.15) is 51.5 Å². The van der Waals surface area contributed by atoms with Crippen LogP contribution in [-0.2, 0) is 9.59 Å². The minimum atomic E-state index is -0.433. The maximum Gasteiger partial charge on any atom is 0.294 e. The number of ether oxygens (including phenoxy) is 2. The van der Waals surface area contributed by atoms with Crippen LogP contribution in [0.3, 0.4) is 0 Å². The lowest BCUT2D eigenvalue weighted by molar-refractivity contribution is -0.135. The molecule has 3 rings (SSSR count). The zero-order valence-electron chi connectivity index (χ0n) is 18.7. The van der Waals surface area contributed by atoms with Crippen molar-refractivity contribution in [3.8, 4) is 11.5 Å². The predicted molar refractivity (Wildman–Crippen MR) is 134 cm³/mol. The van der Waals surface area contributed by atoms with Crippen molar-refractivity contribution in [2.75, 3.05) is 26.7 Å². The Morgan fingerprint density at radius 2 is 1.91 bits per heavy atom. The number of hydrogen-bond donors (Lipinski definition) is 0. The Hall–Kier alpha value is -1.75. The average Bonchev–Trinajstić information content (AvgIpc) is 2.97. The van der Waals surface area contributed by atoms with Crippen LogP contribution >= 0.6 is 34.4 Å². The number of likely N-dealkylation sites (tertiary alicyclic amines) is 1. The van der Waals surface area contributed by atoms with Gasteiger partial charge >= 0.3 is 0 Å². The van der Waals surface area contributed by atoms with E-state index in [-0.39, 0.29) is 18.6 Å². The number of carbonyl (C=O) groups is 3. The first-order valence-corrected chi connectivity index (χ1v) is 12.8. The van der Waals surface area contributed by atoms with Gasteiger partial charge in [-0.3, -0.25) is 19.3 Å². The van der Waals surface area contributed by atoms with E-state index >= 15 is 0 Å². The summed E-state index contributed by atoms with van der Waals surface area (Å²) in [5.41, 5.74) is 0.729. The number of amides is 3. The normalized spacial score (nSPS) is 19.3. The molecular weight excluding hydrogens is 543 g/mol. The van der Waals surface area contributed by atoms with Gasteiger partial charge < -0.3 is 14.4 Å². The molecule has 2 aliphatic rings. The van der Waals surface area contributed by atoms with Gasteiger partial charge in [-0.25, -0.2) is 0 Å². The summed E-state index contributed by atoms with van der Waals surface area (Å²) in [7, 11) is 1.57. The molecule has 1 unspecified atom stereocenters. The van der Waals surface area contributed by atoms with E-state index < -0.39 is 11.1 Å². The molecule has 9 heteroatoms. The fourth-order valence-electron chi connectivity index (χ4n) is 3.57. The number of nitrogens with zero attached hydrogens (tertiary/aromatic N) is 2. The summed E-state index contributed by atoms with van der Waals surface area (Å²) in [5.74, 6) is 0.630. The number of halogens is 1. The maximum atomic E-state index is 12.9. The number of rotatable bonds is 7. The first-order chi connectivity index (χ1) is 15.3. The number of carbonyl (C=O) groups excluding carboxylic acids is 3. The van der Waals surface area contributed by atoms with Crippen LogP contribution in [-0.4, -0.2) is 59.7 Å². The number of imide groups is 1. The highest BCUT2D eigenvalue weighted by atomic mass is 127. The summed E-state index contributed by atoms with van der Waals surface area (Å²) in [4.78, 5) is 41.1. The van der Waals surface area contributed by atoms with Gasteiger partial charge in [0.1, 0.15) is 6.54 Å². The van der Waals surface area contributed by atoms with E-state index in [4.69, 9.17) is 9.47 Å². The van der Waals surface area contributed by atoms with E-state index in [1.807, 2.05) is 19.9 Å². The van der Waals surface area contributed by atoms with Crippen LogP contribution in [0.25, 0.3) is 6.08 Å².